The maximum Gasteiger partial charge on any atom is 0.310 e. The summed E-state index contributed by atoms with van der Waals surface area (Å²) in [6.45, 7) is 12.0. The van der Waals surface area contributed by atoms with Crippen molar-refractivity contribution in [1.82, 2.24) is 0 Å². The summed E-state index contributed by atoms with van der Waals surface area (Å²) in [5.41, 5.74) is 4.22. The molecule has 0 aliphatic carbocycles. The van der Waals surface area contributed by atoms with Gasteiger partial charge in [0.05, 0.1) is 0 Å². The molecule has 4 nitrogen and oxygen atoms in total. The van der Waals surface area contributed by atoms with Crippen molar-refractivity contribution in [3.63, 3.8) is 0 Å². The Morgan fingerprint density at radius 3 is 1.48 bits per heavy atom. The summed E-state index contributed by atoms with van der Waals surface area (Å²) < 4.78 is 11.0. The molecule has 0 heterocycles. The monoisotopic (exact) mass is 448 g/mol. The molecule has 0 saturated carbocycles. The average molecular weight is 449 g/mol. The molecule has 2 aromatic rings. The van der Waals surface area contributed by atoms with Gasteiger partial charge in [-0.3, -0.25) is 9.59 Å². The fourth-order valence-electron chi connectivity index (χ4n) is 3.87. The second-order valence-corrected chi connectivity index (χ2v) is 8.46. The molecule has 0 N–H and O–H groups in total. The lowest BCUT2D eigenvalue weighted by Crippen LogP contribution is -2.23. The van der Waals surface area contributed by atoms with E-state index in [1.807, 2.05) is 50.3 Å². The predicted octanol–water partition coefficient (Wildman–Crippen LogP) is 6.88. The smallest absolute Gasteiger partial charge is 0.310 e. The molecule has 176 valence electrons. The van der Waals surface area contributed by atoms with Crippen LogP contribution in [0.3, 0.4) is 0 Å². The van der Waals surface area contributed by atoms with E-state index < -0.39 is 0 Å². The molecular weight excluding hydrogens is 412 g/mol. The quantitative estimate of drug-likeness (QED) is 0.226. The second kappa shape index (κ2) is 12.2. The van der Waals surface area contributed by atoms with Crippen LogP contribution < -0.4 is 9.47 Å². The highest BCUT2D eigenvalue weighted by molar-refractivity contribution is 5.72. The third kappa shape index (κ3) is 6.92. The molecule has 33 heavy (non-hydrogen) atoms. The van der Waals surface area contributed by atoms with Gasteiger partial charge in [0.25, 0.3) is 0 Å². The van der Waals surface area contributed by atoms with Crippen LogP contribution in [0.4, 0.5) is 0 Å². The Labute approximate surface area is 198 Å². The molecule has 0 aliphatic heterocycles. The van der Waals surface area contributed by atoms with E-state index in [-0.39, 0.29) is 17.4 Å². The highest BCUT2D eigenvalue weighted by atomic mass is 16.5. The van der Waals surface area contributed by atoms with Crippen LogP contribution in [0.5, 0.6) is 11.5 Å². The van der Waals surface area contributed by atoms with Gasteiger partial charge in [-0.15, -0.1) is 0 Å². The minimum atomic E-state index is -0.325. The standard InChI is InChI=1S/C29H36O4/c1-7-11-13-21-19-23(32-27(30)9-3)15-17-25(21)29(5,6)26-18-16-24(33-28(31)10-4)20-22(26)14-12-8-2/h7-8,11-12,15-20H,9-10,13-14H2,1-6H3. The van der Waals surface area contributed by atoms with Gasteiger partial charge in [-0.2, -0.15) is 0 Å². The number of hydrogen-bond acceptors (Lipinski definition) is 4. The van der Waals surface area contributed by atoms with Gasteiger partial charge in [0.15, 0.2) is 0 Å². The molecule has 0 fully saturated rings. The van der Waals surface area contributed by atoms with Crippen molar-refractivity contribution in [3.8, 4) is 11.5 Å². The summed E-state index contributed by atoms with van der Waals surface area (Å²) in [4.78, 5) is 23.6. The number of esters is 2. The van der Waals surface area contributed by atoms with Gasteiger partial charge < -0.3 is 9.47 Å². The van der Waals surface area contributed by atoms with E-state index >= 15 is 0 Å². The van der Waals surface area contributed by atoms with Crippen LogP contribution in [-0.2, 0) is 27.8 Å². The van der Waals surface area contributed by atoms with E-state index in [1.54, 1.807) is 13.8 Å². The minimum absolute atomic E-state index is 0.246. The molecule has 0 unspecified atom stereocenters. The van der Waals surface area contributed by atoms with E-state index in [1.165, 1.54) is 0 Å². The molecule has 2 aromatic carbocycles. The molecule has 0 spiro atoms. The lowest BCUT2D eigenvalue weighted by molar-refractivity contribution is -0.134. The maximum absolute atomic E-state index is 11.8. The number of carbonyl (C=O) groups is 2. The molecule has 2 rings (SSSR count). The van der Waals surface area contributed by atoms with Crippen LogP contribution in [-0.4, -0.2) is 11.9 Å². The lowest BCUT2D eigenvalue weighted by atomic mass is 9.73. The van der Waals surface area contributed by atoms with Gasteiger partial charge in [-0.05, 0) is 73.2 Å². The largest absolute Gasteiger partial charge is 0.427 e. The second-order valence-electron chi connectivity index (χ2n) is 8.46. The normalized spacial score (nSPS) is 11.8. The van der Waals surface area contributed by atoms with Crippen LogP contribution in [0.25, 0.3) is 0 Å². The molecule has 0 saturated heterocycles. The van der Waals surface area contributed by atoms with Gasteiger partial charge >= 0.3 is 11.9 Å². The van der Waals surface area contributed by atoms with E-state index in [0.29, 0.717) is 24.3 Å². The van der Waals surface area contributed by atoms with Crippen molar-refractivity contribution in [2.24, 2.45) is 0 Å². The average Bonchev–Trinajstić information content (AvgIpc) is 2.81. The SMILES string of the molecule is CC=CCc1cc(OC(=O)CC)ccc1C(C)(C)c1ccc(OC(=O)CC)cc1CC=CC. The molecule has 0 aromatic heterocycles. The van der Waals surface area contributed by atoms with Crippen LogP contribution >= 0.6 is 0 Å². The Balaban J connectivity index is 2.57. The highest BCUT2D eigenvalue weighted by Crippen LogP contribution is 2.39. The van der Waals surface area contributed by atoms with Gasteiger partial charge in [-0.25, -0.2) is 0 Å². The Morgan fingerprint density at radius 1 is 0.758 bits per heavy atom. The van der Waals surface area contributed by atoms with Crippen LogP contribution in [0.15, 0.2) is 60.7 Å². The Morgan fingerprint density at radius 2 is 1.15 bits per heavy atom. The molecule has 4 heteroatoms. The van der Waals surface area contributed by atoms with Gasteiger partial charge in [-0.1, -0.05) is 64.1 Å². The van der Waals surface area contributed by atoms with Gasteiger partial charge in [0.2, 0.25) is 0 Å². The van der Waals surface area contributed by atoms with Crippen molar-refractivity contribution in [1.29, 1.82) is 0 Å². The first-order valence-corrected chi connectivity index (χ1v) is 11.7. The highest BCUT2D eigenvalue weighted by Gasteiger charge is 2.28. The van der Waals surface area contributed by atoms with E-state index in [4.69, 9.17) is 9.47 Å². The minimum Gasteiger partial charge on any atom is -0.427 e. The Kier molecular flexibility index (Phi) is 9.65. The molecule has 0 amide bonds. The van der Waals surface area contributed by atoms with Crippen molar-refractivity contribution in [3.05, 3.63) is 83.0 Å². The summed E-state index contributed by atoms with van der Waals surface area (Å²) in [6, 6.07) is 11.8. The zero-order chi connectivity index (χ0) is 24.4. The first-order chi connectivity index (χ1) is 15.8. The number of benzene rings is 2. The van der Waals surface area contributed by atoms with Crippen LogP contribution in [0, 0.1) is 0 Å². The van der Waals surface area contributed by atoms with Gasteiger partial charge in [0, 0.05) is 18.3 Å². The number of allylic oxidation sites excluding steroid dienone is 4. The van der Waals surface area contributed by atoms with Crippen LogP contribution in [0.2, 0.25) is 0 Å². The summed E-state index contributed by atoms with van der Waals surface area (Å²) >= 11 is 0. The van der Waals surface area contributed by atoms with Crippen molar-refractivity contribution < 1.29 is 19.1 Å². The summed E-state index contributed by atoms with van der Waals surface area (Å²) in [5.74, 6) is 0.642. The molecule has 0 bridgehead atoms. The van der Waals surface area contributed by atoms with E-state index in [2.05, 4.69) is 38.1 Å². The third-order valence-corrected chi connectivity index (χ3v) is 5.69. The molecular formula is C29H36O4. The first-order valence-electron chi connectivity index (χ1n) is 11.7. The maximum atomic E-state index is 11.8. The Hall–Kier alpha value is -3.14. The fraction of sp³-hybridized carbons (Fsp3) is 0.379. The number of rotatable bonds is 10. The topological polar surface area (TPSA) is 52.6 Å². The summed E-state index contributed by atoms with van der Waals surface area (Å²) in [5, 5.41) is 0. The third-order valence-electron chi connectivity index (χ3n) is 5.69. The molecule has 0 aliphatic rings. The van der Waals surface area contributed by atoms with Crippen molar-refractivity contribution >= 4 is 11.9 Å². The fourth-order valence-corrected chi connectivity index (χ4v) is 3.87. The van der Waals surface area contributed by atoms with Crippen LogP contribution in [0.1, 0.15) is 76.6 Å². The number of carbonyl (C=O) groups excluding carboxylic acids is 2. The van der Waals surface area contributed by atoms with Gasteiger partial charge in [0.1, 0.15) is 11.5 Å². The zero-order valence-electron chi connectivity index (χ0n) is 20.7. The first kappa shape index (κ1) is 26.1. The van der Waals surface area contributed by atoms with Crippen molar-refractivity contribution in [2.45, 2.75) is 72.6 Å². The number of hydrogen-bond donors (Lipinski definition) is 0. The van der Waals surface area contributed by atoms with E-state index in [9.17, 15) is 9.59 Å². The predicted molar refractivity (Wildman–Crippen MR) is 134 cm³/mol. The summed E-state index contributed by atoms with van der Waals surface area (Å²) in [7, 11) is 0. The Bertz CT molecular complexity index is 946. The zero-order valence-corrected chi connectivity index (χ0v) is 20.7. The molecule has 0 atom stereocenters. The number of ether oxygens (including phenoxy) is 2. The van der Waals surface area contributed by atoms with E-state index in [0.717, 1.165) is 35.1 Å². The summed E-state index contributed by atoms with van der Waals surface area (Å²) in [6.07, 6.45) is 10.4. The molecule has 0 radical (unpaired) electrons. The lowest BCUT2D eigenvalue weighted by Gasteiger charge is -2.31. The van der Waals surface area contributed by atoms with Crippen molar-refractivity contribution in [2.75, 3.05) is 0 Å².